The molecule has 0 bridgehead atoms. The normalized spacial score (nSPS) is 12.7. The van der Waals surface area contributed by atoms with Crippen LogP contribution in [0.3, 0.4) is 0 Å². The summed E-state index contributed by atoms with van der Waals surface area (Å²) >= 11 is 0. The molecule has 0 saturated carbocycles. The molecule has 1 aromatic rings. The van der Waals surface area contributed by atoms with Gasteiger partial charge in [0, 0.05) is 6.54 Å². The fourth-order valence-electron chi connectivity index (χ4n) is 1.45. The van der Waals surface area contributed by atoms with Crippen LogP contribution >= 0.6 is 0 Å². The molecule has 0 saturated heterocycles. The predicted octanol–water partition coefficient (Wildman–Crippen LogP) is 2.74. The highest BCUT2D eigenvalue weighted by Gasteiger charge is 2.08. The van der Waals surface area contributed by atoms with Gasteiger partial charge < -0.3 is 14.5 Å². The molecule has 1 heterocycles. The summed E-state index contributed by atoms with van der Waals surface area (Å²) < 4.78 is 10.8. The fraction of sp³-hybridized carbons (Fsp3) is 0.750. The first-order valence-electron chi connectivity index (χ1n) is 6.08. The van der Waals surface area contributed by atoms with Gasteiger partial charge in [-0.05, 0) is 26.3 Å². The zero-order chi connectivity index (χ0) is 11.8. The van der Waals surface area contributed by atoms with Crippen molar-refractivity contribution in [2.45, 2.75) is 52.7 Å². The molecule has 0 fully saturated rings. The summed E-state index contributed by atoms with van der Waals surface area (Å²) in [5.41, 5.74) is 0.896. The van der Waals surface area contributed by atoms with E-state index in [1.807, 2.05) is 6.92 Å². The molecule has 0 amide bonds. The number of ether oxygens (including phenoxy) is 1. The molecule has 4 nitrogen and oxygen atoms in total. The van der Waals surface area contributed by atoms with Gasteiger partial charge >= 0.3 is 6.08 Å². The molecule has 0 aliphatic heterocycles. The highest BCUT2D eigenvalue weighted by Crippen LogP contribution is 2.13. The van der Waals surface area contributed by atoms with Crippen LogP contribution in [-0.4, -0.2) is 17.6 Å². The topological polar surface area (TPSA) is 47.3 Å². The lowest BCUT2D eigenvalue weighted by Crippen LogP contribution is -2.14. The Morgan fingerprint density at radius 3 is 2.94 bits per heavy atom. The van der Waals surface area contributed by atoms with E-state index in [9.17, 15) is 0 Å². The summed E-state index contributed by atoms with van der Waals surface area (Å²) in [5, 5.41) is 3.27. The Balaban J connectivity index is 2.33. The van der Waals surface area contributed by atoms with Gasteiger partial charge in [0.05, 0.1) is 5.69 Å². The van der Waals surface area contributed by atoms with Crippen LogP contribution in [0.25, 0.3) is 0 Å². The van der Waals surface area contributed by atoms with Crippen molar-refractivity contribution in [1.29, 1.82) is 0 Å². The Morgan fingerprint density at radius 2 is 2.25 bits per heavy atom. The average molecular weight is 226 g/mol. The highest BCUT2D eigenvalue weighted by molar-refractivity contribution is 4.99. The van der Waals surface area contributed by atoms with Crippen LogP contribution in [0.15, 0.2) is 10.7 Å². The standard InChI is InChI=1S/C12H22N2O2/c1-4-6-10(3)16-12-14-11(9-15-12)8-13-7-5-2/h9-10,13H,4-8H2,1-3H3. The third kappa shape index (κ3) is 4.66. The zero-order valence-electron chi connectivity index (χ0n) is 10.5. The maximum Gasteiger partial charge on any atom is 0.393 e. The van der Waals surface area contributed by atoms with Crippen LogP contribution in [0.4, 0.5) is 0 Å². The lowest BCUT2D eigenvalue weighted by Gasteiger charge is -2.08. The van der Waals surface area contributed by atoms with Gasteiger partial charge in [-0.25, -0.2) is 0 Å². The summed E-state index contributed by atoms with van der Waals surface area (Å²) in [5.74, 6) is 0. The second kappa shape index (κ2) is 7.28. The van der Waals surface area contributed by atoms with Crippen LogP contribution in [0, 0.1) is 0 Å². The Hall–Kier alpha value is -1.03. The smallest absolute Gasteiger partial charge is 0.393 e. The third-order valence-electron chi connectivity index (χ3n) is 2.26. The van der Waals surface area contributed by atoms with E-state index in [0.717, 1.165) is 38.0 Å². The van der Waals surface area contributed by atoms with Gasteiger partial charge in [-0.3, -0.25) is 0 Å². The van der Waals surface area contributed by atoms with Crippen LogP contribution < -0.4 is 10.1 Å². The fourth-order valence-corrected chi connectivity index (χ4v) is 1.45. The molecule has 1 atom stereocenters. The van der Waals surface area contributed by atoms with Crippen LogP contribution in [0.1, 0.15) is 45.7 Å². The number of aromatic nitrogens is 1. The van der Waals surface area contributed by atoms with Crippen LogP contribution in [0.5, 0.6) is 6.08 Å². The van der Waals surface area contributed by atoms with Crippen molar-refractivity contribution in [1.82, 2.24) is 10.3 Å². The van der Waals surface area contributed by atoms with Crippen molar-refractivity contribution in [3.05, 3.63) is 12.0 Å². The van der Waals surface area contributed by atoms with Crippen molar-refractivity contribution in [3.63, 3.8) is 0 Å². The van der Waals surface area contributed by atoms with Crippen molar-refractivity contribution in [3.8, 4) is 6.08 Å². The maximum absolute atomic E-state index is 5.54. The molecular weight excluding hydrogens is 204 g/mol. The Bertz CT molecular complexity index is 286. The monoisotopic (exact) mass is 226 g/mol. The molecule has 16 heavy (non-hydrogen) atoms. The maximum atomic E-state index is 5.54. The Labute approximate surface area is 97.4 Å². The van der Waals surface area contributed by atoms with Gasteiger partial charge in [-0.2, -0.15) is 4.98 Å². The molecule has 92 valence electrons. The summed E-state index contributed by atoms with van der Waals surface area (Å²) in [6.45, 7) is 8.03. The van der Waals surface area contributed by atoms with Crippen LogP contribution in [-0.2, 0) is 6.54 Å². The summed E-state index contributed by atoms with van der Waals surface area (Å²) in [6.07, 6.45) is 5.44. The second-order valence-corrected chi connectivity index (χ2v) is 4.00. The molecular formula is C12H22N2O2. The lowest BCUT2D eigenvalue weighted by atomic mass is 10.2. The zero-order valence-corrected chi connectivity index (χ0v) is 10.5. The SMILES string of the molecule is CCCNCc1coc(OC(C)CCC)n1. The second-order valence-electron chi connectivity index (χ2n) is 4.00. The Morgan fingerprint density at radius 1 is 1.44 bits per heavy atom. The molecule has 1 rings (SSSR count). The summed E-state index contributed by atoms with van der Waals surface area (Å²) in [4.78, 5) is 4.25. The number of hydrogen-bond acceptors (Lipinski definition) is 4. The minimum atomic E-state index is 0.167. The van der Waals surface area contributed by atoms with Crippen molar-refractivity contribution < 1.29 is 9.15 Å². The molecule has 0 spiro atoms. The molecule has 1 N–H and O–H groups in total. The minimum absolute atomic E-state index is 0.167. The molecule has 4 heteroatoms. The van der Waals surface area contributed by atoms with Crippen molar-refractivity contribution in [2.75, 3.05) is 6.54 Å². The van der Waals surface area contributed by atoms with E-state index < -0.39 is 0 Å². The first-order chi connectivity index (χ1) is 7.76. The summed E-state index contributed by atoms with van der Waals surface area (Å²) in [6, 6.07) is 0. The van der Waals surface area contributed by atoms with Crippen molar-refractivity contribution in [2.24, 2.45) is 0 Å². The minimum Gasteiger partial charge on any atom is -0.447 e. The van der Waals surface area contributed by atoms with E-state index in [1.54, 1.807) is 6.26 Å². The van der Waals surface area contributed by atoms with Gasteiger partial charge in [0.2, 0.25) is 0 Å². The van der Waals surface area contributed by atoms with Gasteiger partial charge in [0.1, 0.15) is 12.4 Å². The quantitative estimate of drug-likeness (QED) is 0.692. The highest BCUT2D eigenvalue weighted by atomic mass is 16.6. The Kier molecular flexibility index (Phi) is 5.93. The molecule has 1 unspecified atom stereocenters. The van der Waals surface area contributed by atoms with E-state index >= 15 is 0 Å². The van der Waals surface area contributed by atoms with Gasteiger partial charge in [0.25, 0.3) is 0 Å². The van der Waals surface area contributed by atoms with E-state index in [0.29, 0.717) is 6.08 Å². The number of nitrogens with zero attached hydrogens (tertiary/aromatic N) is 1. The van der Waals surface area contributed by atoms with Gasteiger partial charge in [0.15, 0.2) is 0 Å². The number of nitrogens with one attached hydrogen (secondary N) is 1. The summed E-state index contributed by atoms with van der Waals surface area (Å²) in [7, 11) is 0. The van der Waals surface area contributed by atoms with Crippen LogP contribution in [0.2, 0.25) is 0 Å². The first kappa shape index (κ1) is 13.0. The average Bonchev–Trinajstić information content (AvgIpc) is 2.66. The number of rotatable bonds is 8. The molecule has 0 aliphatic rings. The third-order valence-corrected chi connectivity index (χ3v) is 2.26. The first-order valence-corrected chi connectivity index (χ1v) is 6.08. The number of oxazole rings is 1. The molecule has 0 radical (unpaired) electrons. The largest absolute Gasteiger partial charge is 0.447 e. The molecule has 1 aromatic heterocycles. The van der Waals surface area contributed by atoms with E-state index in [-0.39, 0.29) is 6.10 Å². The van der Waals surface area contributed by atoms with E-state index in [2.05, 4.69) is 24.1 Å². The van der Waals surface area contributed by atoms with E-state index in [1.165, 1.54) is 0 Å². The number of hydrogen-bond donors (Lipinski definition) is 1. The molecule has 0 aromatic carbocycles. The lowest BCUT2D eigenvalue weighted by molar-refractivity contribution is 0.153. The van der Waals surface area contributed by atoms with Gasteiger partial charge in [-0.15, -0.1) is 0 Å². The predicted molar refractivity (Wildman–Crippen MR) is 63.5 cm³/mol. The van der Waals surface area contributed by atoms with Crippen molar-refractivity contribution >= 4 is 0 Å². The van der Waals surface area contributed by atoms with Gasteiger partial charge in [-0.1, -0.05) is 20.3 Å². The molecule has 0 aliphatic carbocycles. The van der Waals surface area contributed by atoms with E-state index in [4.69, 9.17) is 9.15 Å².